The van der Waals surface area contributed by atoms with Gasteiger partial charge in [0.15, 0.2) is 4.47 Å². The maximum atomic E-state index is 13.1. The van der Waals surface area contributed by atoms with Gasteiger partial charge in [0.25, 0.3) is 0 Å². The molecule has 2 aliphatic rings. The van der Waals surface area contributed by atoms with E-state index in [-0.39, 0.29) is 12.1 Å². The van der Waals surface area contributed by atoms with E-state index < -0.39 is 11.2 Å². The molecular weight excluding hydrogens is 472 g/mol. The first-order valence-corrected chi connectivity index (χ1v) is 13.3. The number of thiazole rings is 1. The first-order valence-electron chi connectivity index (χ1n) is 12.1. The number of halogens is 1. The molecule has 34 heavy (non-hydrogen) atoms. The fourth-order valence-corrected chi connectivity index (χ4v) is 5.55. The number of hydrogen-bond donors (Lipinski definition) is 1. The van der Waals surface area contributed by atoms with Crippen LogP contribution in [0.3, 0.4) is 0 Å². The Morgan fingerprint density at radius 1 is 1.21 bits per heavy atom. The van der Waals surface area contributed by atoms with E-state index in [9.17, 15) is 9.90 Å². The number of carbonyl (C=O) groups excluding carboxylic acids is 1. The highest BCUT2D eigenvalue weighted by atomic mass is 35.5. The summed E-state index contributed by atoms with van der Waals surface area (Å²) in [6.45, 7) is 9.88. The molecule has 0 radical (unpaired) electrons. The highest BCUT2D eigenvalue weighted by Crippen LogP contribution is 2.35. The molecule has 1 aliphatic carbocycles. The van der Waals surface area contributed by atoms with Crippen LogP contribution in [0.2, 0.25) is 4.47 Å². The lowest BCUT2D eigenvalue weighted by molar-refractivity contribution is 0.00735. The zero-order valence-electron chi connectivity index (χ0n) is 20.5. The van der Waals surface area contributed by atoms with Crippen LogP contribution in [0.4, 0.5) is 10.5 Å². The van der Waals surface area contributed by atoms with E-state index in [0.717, 1.165) is 38.2 Å². The molecule has 2 aromatic rings. The Kier molecular flexibility index (Phi) is 7.41. The third kappa shape index (κ3) is 5.83. The number of pyridine rings is 1. The second kappa shape index (κ2) is 9.99. The second-order valence-corrected chi connectivity index (χ2v) is 12.2. The molecule has 0 bridgehead atoms. The Hall–Kier alpha value is -1.90. The van der Waals surface area contributed by atoms with E-state index in [0.29, 0.717) is 21.0 Å². The largest absolute Gasteiger partial charge is 0.444 e. The molecule has 1 unspecified atom stereocenters. The molecule has 0 aromatic carbocycles. The number of anilines is 1. The van der Waals surface area contributed by atoms with Crippen molar-refractivity contribution in [2.75, 3.05) is 24.5 Å². The maximum absolute atomic E-state index is 13.1. The van der Waals surface area contributed by atoms with Crippen molar-refractivity contribution >= 4 is 34.7 Å². The van der Waals surface area contributed by atoms with Crippen LogP contribution in [0.1, 0.15) is 70.4 Å². The van der Waals surface area contributed by atoms with Crippen molar-refractivity contribution in [3.05, 3.63) is 39.6 Å². The molecule has 2 aromatic heterocycles. The van der Waals surface area contributed by atoms with E-state index >= 15 is 0 Å². The second-order valence-electron chi connectivity index (χ2n) is 10.6. The fraction of sp³-hybridized carbons (Fsp3) is 0.640. The van der Waals surface area contributed by atoms with Crippen molar-refractivity contribution in [2.45, 2.75) is 77.0 Å². The van der Waals surface area contributed by atoms with Crippen molar-refractivity contribution in [3.63, 3.8) is 0 Å². The van der Waals surface area contributed by atoms with Crippen molar-refractivity contribution < 1.29 is 14.6 Å². The van der Waals surface area contributed by atoms with Gasteiger partial charge in [-0.2, -0.15) is 0 Å². The summed E-state index contributed by atoms with van der Waals surface area (Å²) in [7, 11) is 0. The Balaban J connectivity index is 1.48. The zero-order chi connectivity index (χ0) is 24.5. The SMILES string of the molecule is CC(C)(C)OC(=O)N(CC1CCC1)[C@@H]1CCCN(c2ccc(C(C)(O)c3cnc(Cl)s3)nc2)C1. The molecule has 2 atom stereocenters. The summed E-state index contributed by atoms with van der Waals surface area (Å²) in [5.74, 6) is 0.575. The van der Waals surface area contributed by atoms with E-state index in [2.05, 4.69) is 14.9 Å². The minimum atomic E-state index is -1.26. The molecule has 186 valence electrons. The quantitative estimate of drug-likeness (QED) is 0.561. The summed E-state index contributed by atoms with van der Waals surface area (Å²) in [6.07, 6.45) is 8.77. The first-order chi connectivity index (χ1) is 16.0. The van der Waals surface area contributed by atoms with Crippen LogP contribution in [0.15, 0.2) is 24.5 Å². The predicted molar refractivity (Wildman–Crippen MR) is 136 cm³/mol. The van der Waals surface area contributed by atoms with E-state index in [4.69, 9.17) is 16.3 Å². The van der Waals surface area contributed by atoms with Gasteiger partial charge >= 0.3 is 6.09 Å². The summed E-state index contributed by atoms with van der Waals surface area (Å²) in [5.41, 5.74) is -0.239. The van der Waals surface area contributed by atoms with Crippen LogP contribution in [0.25, 0.3) is 0 Å². The normalized spacial score (nSPS) is 21.0. The Morgan fingerprint density at radius 2 is 1.97 bits per heavy atom. The number of nitrogens with zero attached hydrogens (tertiary/aromatic N) is 4. The highest BCUT2D eigenvalue weighted by molar-refractivity contribution is 7.15. The minimum Gasteiger partial charge on any atom is -0.444 e. The fourth-order valence-electron chi connectivity index (χ4n) is 4.56. The number of hydrogen-bond acceptors (Lipinski definition) is 7. The summed E-state index contributed by atoms with van der Waals surface area (Å²) >= 11 is 7.20. The molecular formula is C25H35ClN4O3S. The molecule has 1 saturated heterocycles. The summed E-state index contributed by atoms with van der Waals surface area (Å²) in [6, 6.07) is 3.95. The van der Waals surface area contributed by atoms with Gasteiger partial charge in [0.2, 0.25) is 0 Å². The van der Waals surface area contributed by atoms with Crippen molar-refractivity contribution in [2.24, 2.45) is 5.92 Å². The Bertz CT molecular complexity index is 985. The zero-order valence-corrected chi connectivity index (χ0v) is 22.0. The van der Waals surface area contributed by atoms with Gasteiger partial charge < -0.3 is 19.6 Å². The van der Waals surface area contributed by atoms with Gasteiger partial charge in [-0.3, -0.25) is 4.98 Å². The summed E-state index contributed by atoms with van der Waals surface area (Å²) in [4.78, 5) is 26.6. The Morgan fingerprint density at radius 3 is 2.53 bits per heavy atom. The monoisotopic (exact) mass is 506 g/mol. The molecule has 1 amide bonds. The minimum absolute atomic E-state index is 0.103. The lowest BCUT2D eigenvalue weighted by Gasteiger charge is -2.43. The van der Waals surface area contributed by atoms with Crippen molar-refractivity contribution in [3.8, 4) is 0 Å². The molecule has 7 nitrogen and oxygen atoms in total. The lowest BCUT2D eigenvalue weighted by atomic mass is 9.84. The summed E-state index contributed by atoms with van der Waals surface area (Å²) < 4.78 is 6.17. The number of ether oxygens (including phenoxy) is 1. The van der Waals surface area contributed by atoms with Gasteiger partial charge in [-0.25, -0.2) is 9.78 Å². The number of carbonyl (C=O) groups is 1. The highest BCUT2D eigenvalue weighted by Gasteiger charge is 2.35. The van der Waals surface area contributed by atoms with Gasteiger partial charge in [0, 0.05) is 25.8 Å². The van der Waals surface area contributed by atoms with Crippen LogP contribution < -0.4 is 4.90 Å². The van der Waals surface area contributed by atoms with Crippen molar-refractivity contribution in [1.29, 1.82) is 0 Å². The van der Waals surface area contributed by atoms with Gasteiger partial charge in [-0.05, 0) is 71.4 Å². The lowest BCUT2D eigenvalue weighted by Crippen LogP contribution is -2.53. The average Bonchev–Trinajstić information content (AvgIpc) is 3.19. The van der Waals surface area contributed by atoms with Crippen LogP contribution in [0.5, 0.6) is 0 Å². The number of aliphatic hydroxyl groups is 1. The van der Waals surface area contributed by atoms with Crippen LogP contribution in [-0.4, -0.2) is 57.3 Å². The number of rotatable bonds is 6. The van der Waals surface area contributed by atoms with Crippen LogP contribution in [0, 0.1) is 5.92 Å². The Labute approximate surface area is 211 Å². The van der Waals surface area contributed by atoms with Gasteiger partial charge in [0.1, 0.15) is 11.2 Å². The predicted octanol–water partition coefficient (Wildman–Crippen LogP) is 5.45. The third-order valence-electron chi connectivity index (χ3n) is 6.71. The van der Waals surface area contributed by atoms with Crippen LogP contribution in [-0.2, 0) is 10.3 Å². The van der Waals surface area contributed by atoms with E-state index in [1.807, 2.05) is 37.8 Å². The number of piperidine rings is 1. The van der Waals surface area contributed by atoms with E-state index in [1.54, 1.807) is 19.3 Å². The smallest absolute Gasteiger partial charge is 0.410 e. The first kappa shape index (κ1) is 25.2. The maximum Gasteiger partial charge on any atom is 0.410 e. The van der Waals surface area contributed by atoms with Crippen molar-refractivity contribution in [1.82, 2.24) is 14.9 Å². The molecule has 9 heteroatoms. The molecule has 1 N–H and O–H groups in total. The third-order valence-corrected chi connectivity index (χ3v) is 8.04. The van der Waals surface area contributed by atoms with Crippen LogP contribution >= 0.6 is 22.9 Å². The summed E-state index contributed by atoms with van der Waals surface area (Å²) in [5, 5.41) is 11.0. The number of amides is 1. The molecule has 1 saturated carbocycles. The van der Waals surface area contributed by atoms with Gasteiger partial charge in [-0.15, -0.1) is 11.3 Å². The average molecular weight is 507 g/mol. The van der Waals surface area contributed by atoms with E-state index in [1.165, 1.54) is 30.6 Å². The standard InChI is InChI=1S/C25H35ClN4O3S/c1-24(2,3)33-23(31)30(15-17-7-5-8-17)19-9-6-12-29(16-19)18-10-11-20(27-13-18)25(4,32)21-14-28-22(26)34-21/h10-11,13-14,17,19,32H,5-9,12,15-16H2,1-4H3/t19-,25?/m1/s1. The molecule has 2 fully saturated rings. The molecule has 1 aliphatic heterocycles. The van der Waals surface area contributed by atoms with Gasteiger partial charge in [0.05, 0.1) is 28.5 Å². The molecule has 4 rings (SSSR count). The van der Waals surface area contributed by atoms with Gasteiger partial charge in [-0.1, -0.05) is 18.0 Å². The molecule has 3 heterocycles. The number of aromatic nitrogens is 2. The topological polar surface area (TPSA) is 78.8 Å². The molecule has 0 spiro atoms.